The normalized spacial score (nSPS) is 12.6. The number of rotatable bonds is 13. The molecule has 0 atom stereocenters. The van der Waals surface area contributed by atoms with Crippen LogP contribution < -0.4 is 11.1 Å². The van der Waals surface area contributed by atoms with Crippen LogP contribution in [0.1, 0.15) is 45.4 Å². The van der Waals surface area contributed by atoms with Crippen LogP contribution in [-0.2, 0) is 14.6 Å². The van der Waals surface area contributed by atoms with Crippen molar-refractivity contribution in [1.82, 2.24) is 5.32 Å². The first-order chi connectivity index (χ1) is 9.95. The number of hydrogen-bond acceptors (Lipinski definition) is 4. The predicted octanol–water partition coefficient (Wildman–Crippen LogP) is 1.31. The van der Waals surface area contributed by atoms with Crippen LogP contribution >= 0.6 is 0 Å². The van der Waals surface area contributed by atoms with E-state index in [0.29, 0.717) is 19.1 Å². The zero-order valence-corrected chi connectivity index (χ0v) is 14.3. The second kappa shape index (κ2) is 12.9. The third-order valence-electron chi connectivity index (χ3n) is 2.94. The molecule has 0 radical (unpaired) electrons. The number of guanidine groups is 1. The van der Waals surface area contributed by atoms with Gasteiger partial charge in [-0.1, -0.05) is 39.0 Å². The molecule has 126 valence electrons. The van der Waals surface area contributed by atoms with Crippen LogP contribution in [0.4, 0.5) is 0 Å². The van der Waals surface area contributed by atoms with Crippen molar-refractivity contribution in [3.05, 3.63) is 0 Å². The van der Waals surface area contributed by atoms with E-state index in [9.17, 15) is 8.42 Å². The lowest BCUT2D eigenvalue weighted by Crippen LogP contribution is -2.34. The molecular formula is C14H31N3O3S. The van der Waals surface area contributed by atoms with E-state index in [-0.39, 0.29) is 12.4 Å². The molecule has 0 spiro atoms. The molecule has 0 saturated carbocycles. The minimum Gasteiger partial charge on any atom is -0.379 e. The second-order valence-electron chi connectivity index (χ2n) is 5.20. The molecule has 0 aliphatic carbocycles. The molecule has 21 heavy (non-hydrogen) atoms. The molecule has 0 aromatic carbocycles. The van der Waals surface area contributed by atoms with Crippen LogP contribution in [-0.4, -0.2) is 52.7 Å². The number of ether oxygens (including phenoxy) is 1. The van der Waals surface area contributed by atoms with Crippen LogP contribution in [0.2, 0.25) is 0 Å². The van der Waals surface area contributed by atoms with Crippen LogP contribution in [0.25, 0.3) is 0 Å². The van der Waals surface area contributed by atoms with Gasteiger partial charge in [0.1, 0.15) is 9.84 Å². The fourth-order valence-electron chi connectivity index (χ4n) is 1.71. The van der Waals surface area contributed by atoms with Crippen molar-refractivity contribution in [3.8, 4) is 0 Å². The van der Waals surface area contributed by atoms with Crippen LogP contribution in [0, 0.1) is 0 Å². The molecule has 0 aliphatic rings. The molecule has 0 bridgehead atoms. The van der Waals surface area contributed by atoms with Gasteiger partial charge in [-0.25, -0.2) is 8.42 Å². The Balaban J connectivity index is 3.40. The molecule has 0 aromatic rings. The zero-order chi connectivity index (χ0) is 16.0. The highest BCUT2D eigenvalue weighted by molar-refractivity contribution is 7.90. The Morgan fingerprint density at radius 2 is 1.81 bits per heavy atom. The maximum atomic E-state index is 10.9. The number of hydrogen-bond donors (Lipinski definition) is 2. The number of nitrogens with two attached hydrogens (primary N) is 1. The van der Waals surface area contributed by atoms with Gasteiger partial charge in [0.25, 0.3) is 0 Å². The molecule has 0 heterocycles. The third-order valence-corrected chi connectivity index (χ3v) is 3.85. The maximum absolute atomic E-state index is 10.9. The largest absolute Gasteiger partial charge is 0.379 e. The summed E-state index contributed by atoms with van der Waals surface area (Å²) in [5, 5.41) is 2.94. The lowest BCUT2D eigenvalue weighted by atomic mass is 10.1. The molecule has 7 heteroatoms. The van der Waals surface area contributed by atoms with E-state index in [1.807, 2.05) is 0 Å². The average Bonchev–Trinajstić information content (AvgIpc) is 2.40. The molecule has 6 nitrogen and oxygen atoms in total. The Bertz CT molecular complexity index is 370. The fraction of sp³-hybridized carbons (Fsp3) is 0.929. The van der Waals surface area contributed by atoms with E-state index in [0.717, 1.165) is 13.0 Å². The number of nitrogens with one attached hydrogen (secondary N) is 1. The number of sulfone groups is 1. The van der Waals surface area contributed by atoms with E-state index in [1.165, 1.54) is 38.4 Å². The van der Waals surface area contributed by atoms with Crippen molar-refractivity contribution in [2.45, 2.75) is 45.4 Å². The van der Waals surface area contributed by atoms with Gasteiger partial charge in [0.15, 0.2) is 5.96 Å². The standard InChI is InChI=1S/C14H31N3O3S/c1-3-4-5-6-7-8-9-16-14(15)17-10-11-20-12-13-21(2,18)19/h3-13H2,1-2H3,(H3,15,16,17). The van der Waals surface area contributed by atoms with Gasteiger partial charge in [-0.15, -0.1) is 0 Å². The third kappa shape index (κ3) is 17.1. The van der Waals surface area contributed by atoms with Gasteiger partial charge < -0.3 is 15.8 Å². The summed E-state index contributed by atoms with van der Waals surface area (Å²) in [6.07, 6.45) is 8.61. The smallest absolute Gasteiger partial charge is 0.188 e. The quantitative estimate of drug-likeness (QED) is 0.303. The van der Waals surface area contributed by atoms with Crippen molar-refractivity contribution in [3.63, 3.8) is 0 Å². The van der Waals surface area contributed by atoms with Crippen molar-refractivity contribution in [1.29, 1.82) is 0 Å². The predicted molar refractivity (Wildman–Crippen MR) is 88.4 cm³/mol. The minimum absolute atomic E-state index is 0.0502. The number of nitrogens with zero attached hydrogens (tertiary/aromatic N) is 1. The van der Waals surface area contributed by atoms with Crippen LogP contribution in [0.3, 0.4) is 0 Å². The highest BCUT2D eigenvalue weighted by atomic mass is 32.2. The van der Waals surface area contributed by atoms with Crippen LogP contribution in [0.15, 0.2) is 4.99 Å². The topological polar surface area (TPSA) is 93.8 Å². The first-order valence-corrected chi connectivity index (χ1v) is 9.81. The molecule has 0 saturated heterocycles. The minimum atomic E-state index is -2.95. The highest BCUT2D eigenvalue weighted by Gasteiger charge is 2.00. The Morgan fingerprint density at radius 1 is 1.14 bits per heavy atom. The molecular weight excluding hydrogens is 290 g/mol. The van der Waals surface area contributed by atoms with Gasteiger partial charge in [0.05, 0.1) is 19.0 Å². The number of aliphatic imine (C=N–C) groups is 1. The van der Waals surface area contributed by atoms with E-state index in [2.05, 4.69) is 17.2 Å². The van der Waals surface area contributed by atoms with Gasteiger partial charge in [0, 0.05) is 19.3 Å². The summed E-state index contributed by atoms with van der Waals surface area (Å²) in [6.45, 7) is 4.13. The van der Waals surface area contributed by atoms with Gasteiger partial charge >= 0.3 is 0 Å². The maximum Gasteiger partial charge on any atom is 0.188 e. The van der Waals surface area contributed by atoms with Crippen molar-refractivity contribution < 1.29 is 13.2 Å². The molecule has 0 aliphatic heterocycles. The molecule has 3 N–H and O–H groups in total. The Morgan fingerprint density at radius 3 is 2.48 bits per heavy atom. The first kappa shape index (κ1) is 20.2. The highest BCUT2D eigenvalue weighted by Crippen LogP contribution is 2.04. The molecule has 0 amide bonds. The monoisotopic (exact) mass is 321 g/mol. The Hall–Kier alpha value is -0.820. The van der Waals surface area contributed by atoms with E-state index < -0.39 is 9.84 Å². The van der Waals surface area contributed by atoms with Gasteiger partial charge in [-0.2, -0.15) is 0 Å². The summed E-state index contributed by atoms with van der Waals surface area (Å²) >= 11 is 0. The average molecular weight is 321 g/mol. The van der Waals surface area contributed by atoms with Gasteiger partial charge in [-0.05, 0) is 6.42 Å². The molecule has 0 fully saturated rings. The van der Waals surface area contributed by atoms with Crippen molar-refractivity contribution in [2.75, 3.05) is 38.3 Å². The summed E-state index contributed by atoms with van der Waals surface area (Å²) < 4.78 is 26.9. The Kier molecular flexibility index (Phi) is 12.4. The van der Waals surface area contributed by atoms with Crippen molar-refractivity contribution >= 4 is 15.8 Å². The lowest BCUT2D eigenvalue weighted by molar-refractivity contribution is 0.154. The van der Waals surface area contributed by atoms with Gasteiger partial charge in [0.2, 0.25) is 0 Å². The van der Waals surface area contributed by atoms with E-state index >= 15 is 0 Å². The van der Waals surface area contributed by atoms with Crippen LogP contribution in [0.5, 0.6) is 0 Å². The van der Waals surface area contributed by atoms with E-state index in [1.54, 1.807) is 0 Å². The van der Waals surface area contributed by atoms with Gasteiger partial charge in [-0.3, -0.25) is 4.99 Å². The molecule has 0 aromatic heterocycles. The fourth-order valence-corrected chi connectivity index (χ4v) is 2.13. The number of unbranched alkanes of at least 4 members (excludes halogenated alkanes) is 5. The van der Waals surface area contributed by atoms with Crippen molar-refractivity contribution in [2.24, 2.45) is 10.7 Å². The first-order valence-electron chi connectivity index (χ1n) is 7.75. The SMILES string of the molecule is CCCCCCCCN=C(N)NCCOCCS(C)(=O)=O. The zero-order valence-electron chi connectivity index (χ0n) is 13.4. The molecule has 0 rings (SSSR count). The summed E-state index contributed by atoms with van der Waals surface area (Å²) in [4.78, 5) is 4.23. The Labute approximate surface area is 129 Å². The second-order valence-corrected chi connectivity index (χ2v) is 7.46. The molecule has 0 unspecified atom stereocenters. The summed E-state index contributed by atoms with van der Waals surface area (Å²) in [5.74, 6) is 0.476. The van der Waals surface area contributed by atoms with E-state index in [4.69, 9.17) is 10.5 Å². The lowest BCUT2D eigenvalue weighted by Gasteiger charge is -2.06. The summed E-state index contributed by atoms with van der Waals surface area (Å²) in [6, 6.07) is 0. The summed E-state index contributed by atoms with van der Waals surface area (Å²) in [7, 11) is -2.95. The summed E-state index contributed by atoms with van der Waals surface area (Å²) in [5.41, 5.74) is 5.71.